The van der Waals surface area contributed by atoms with Crippen LogP contribution in [-0.4, -0.2) is 68.4 Å². The number of hydrogen-bond acceptors (Lipinski definition) is 7. The maximum Gasteiger partial charge on any atom is 0.246 e. The van der Waals surface area contributed by atoms with E-state index < -0.39 is 0 Å². The smallest absolute Gasteiger partial charge is 0.246 e. The summed E-state index contributed by atoms with van der Waals surface area (Å²) in [5.41, 5.74) is 0. The zero-order valence-electron chi connectivity index (χ0n) is 18.5. The lowest BCUT2D eigenvalue weighted by Gasteiger charge is -2.41. The molecule has 7 nitrogen and oxygen atoms in total. The van der Waals surface area contributed by atoms with Crippen molar-refractivity contribution in [3.05, 3.63) is 43.2 Å². The van der Waals surface area contributed by atoms with Crippen molar-refractivity contribution in [1.29, 1.82) is 0 Å². The first-order chi connectivity index (χ1) is 15.9. The standard InChI is InChI=1S/C23H28ClN5O2S2/c1-3-20(30)28-8-10-29(11-9-28)22(31)16-13-18(17(24)12-15(16)2)32-21-14-26-23(33-21)27-19-6-4-5-7-25-19/h3-7,14-18H,1,8-13H2,2H3,(H,25,26,27). The molecule has 1 N–H and O–H groups in total. The monoisotopic (exact) mass is 505 g/mol. The number of pyridine rings is 1. The number of halogens is 1. The Hall–Kier alpha value is -2.10. The summed E-state index contributed by atoms with van der Waals surface area (Å²) in [4.78, 5) is 37.6. The molecule has 2 fully saturated rings. The maximum absolute atomic E-state index is 13.3. The first-order valence-corrected chi connectivity index (χ1v) is 13.2. The third-order valence-electron chi connectivity index (χ3n) is 6.22. The minimum Gasteiger partial charge on any atom is -0.339 e. The van der Waals surface area contributed by atoms with Crippen molar-refractivity contribution in [3.8, 4) is 0 Å². The van der Waals surface area contributed by atoms with E-state index in [9.17, 15) is 9.59 Å². The van der Waals surface area contributed by atoms with Gasteiger partial charge in [0.25, 0.3) is 0 Å². The number of hydrogen-bond donors (Lipinski definition) is 1. The Morgan fingerprint density at radius 3 is 2.67 bits per heavy atom. The van der Waals surface area contributed by atoms with Crippen molar-refractivity contribution >= 4 is 57.5 Å². The fraction of sp³-hybridized carbons (Fsp3) is 0.478. The number of anilines is 2. The Bertz CT molecular complexity index is 980. The van der Waals surface area contributed by atoms with Crippen molar-refractivity contribution in [2.75, 3.05) is 31.5 Å². The third kappa shape index (κ3) is 5.88. The van der Waals surface area contributed by atoms with E-state index in [2.05, 4.69) is 28.8 Å². The number of carbonyl (C=O) groups is 2. The van der Waals surface area contributed by atoms with Gasteiger partial charge in [0.1, 0.15) is 5.82 Å². The summed E-state index contributed by atoms with van der Waals surface area (Å²) >= 11 is 10.0. The zero-order chi connectivity index (χ0) is 23.4. The molecule has 2 aliphatic rings. The Morgan fingerprint density at radius 2 is 1.97 bits per heavy atom. The molecule has 0 aromatic carbocycles. The molecule has 33 heavy (non-hydrogen) atoms. The summed E-state index contributed by atoms with van der Waals surface area (Å²) in [5, 5.41) is 4.15. The van der Waals surface area contributed by atoms with Gasteiger partial charge in [-0.3, -0.25) is 9.59 Å². The average molecular weight is 506 g/mol. The van der Waals surface area contributed by atoms with Crippen LogP contribution in [0.4, 0.5) is 10.9 Å². The molecule has 1 saturated heterocycles. The van der Waals surface area contributed by atoms with Crippen LogP contribution >= 0.6 is 34.7 Å². The summed E-state index contributed by atoms with van der Waals surface area (Å²) < 4.78 is 1.07. The van der Waals surface area contributed by atoms with E-state index in [0.29, 0.717) is 26.2 Å². The molecule has 2 amide bonds. The van der Waals surface area contributed by atoms with Gasteiger partial charge in [-0.2, -0.15) is 0 Å². The predicted octanol–water partition coefficient (Wildman–Crippen LogP) is 4.25. The molecule has 0 bridgehead atoms. The van der Waals surface area contributed by atoms with E-state index >= 15 is 0 Å². The number of carbonyl (C=O) groups excluding carboxylic acids is 2. The van der Waals surface area contributed by atoms with Crippen molar-refractivity contribution < 1.29 is 9.59 Å². The van der Waals surface area contributed by atoms with E-state index in [4.69, 9.17) is 11.6 Å². The van der Waals surface area contributed by atoms with Crippen molar-refractivity contribution in [1.82, 2.24) is 19.8 Å². The predicted molar refractivity (Wildman–Crippen MR) is 134 cm³/mol. The van der Waals surface area contributed by atoms with Gasteiger partial charge in [0.2, 0.25) is 11.8 Å². The second-order valence-corrected chi connectivity index (χ2v) is 11.5. The van der Waals surface area contributed by atoms with Gasteiger partial charge >= 0.3 is 0 Å². The Kier molecular flexibility index (Phi) is 7.93. The van der Waals surface area contributed by atoms with Gasteiger partial charge in [0, 0.05) is 48.9 Å². The first kappa shape index (κ1) is 24.0. The molecule has 176 valence electrons. The molecular weight excluding hydrogens is 478 g/mol. The molecule has 4 atom stereocenters. The van der Waals surface area contributed by atoms with Gasteiger partial charge in [-0.15, -0.1) is 23.4 Å². The molecule has 0 radical (unpaired) electrons. The normalized spacial score (nSPS) is 25.5. The SMILES string of the molecule is C=CC(=O)N1CCN(C(=O)C2CC(Sc3cnc(Nc4ccccn4)s3)C(Cl)CC2C)CC1. The number of thioether (sulfide) groups is 1. The second kappa shape index (κ2) is 10.9. The quantitative estimate of drug-likeness (QED) is 0.467. The van der Waals surface area contributed by atoms with Gasteiger partial charge in [-0.05, 0) is 37.0 Å². The Balaban J connectivity index is 1.36. The minimum absolute atomic E-state index is 0.00501. The van der Waals surface area contributed by atoms with Crippen LogP contribution in [0.3, 0.4) is 0 Å². The van der Waals surface area contributed by atoms with Crippen molar-refractivity contribution in [2.45, 2.75) is 34.6 Å². The van der Waals surface area contributed by atoms with Crippen molar-refractivity contribution in [2.24, 2.45) is 11.8 Å². The minimum atomic E-state index is -0.0731. The summed E-state index contributed by atoms with van der Waals surface area (Å²) in [6.45, 7) is 7.93. The highest BCUT2D eigenvalue weighted by Crippen LogP contribution is 2.44. The number of piperazine rings is 1. The van der Waals surface area contributed by atoms with Crippen LogP contribution in [0.1, 0.15) is 19.8 Å². The molecule has 10 heteroatoms. The molecule has 4 unspecified atom stereocenters. The zero-order valence-corrected chi connectivity index (χ0v) is 20.9. The van der Waals surface area contributed by atoms with Gasteiger partial charge in [-0.1, -0.05) is 30.9 Å². The van der Waals surface area contributed by atoms with Crippen LogP contribution in [-0.2, 0) is 9.59 Å². The number of rotatable bonds is 6. The fourth-order valence-electron chi connectivity index (χ4n) is 4.35. The van der Waals surface area contributed by atoms with E-state index in [1.165, 1.54) is 6.08 Å². The maximum atomic E-state index is 13.3. The summed E-state index contributed by atoms with van der Waals surface area (Å²) in [7, 11) is 0. The molecule has 1 aliphatic heterocycles. The lowest BCUT2D eigenvalue weighted by molar-refractivity contribution is -0.142. The van der Waals surface area contributed by atoms with E-state index in [1.807, 2.05) is 29.3 Å². The highest BCUT2D eigenvalue weighted by molar-refractivity contribution is 8.01. The number of nitrogens with one attached hydrogen (secondary N) is 1. The fourth-order valence-corrected chi connectivity index (χ4v) is 7.22. The highest BCUT2D eigenvalue weighted by atomic mass is 35.5. The number of amides is 2. The number of aromatic nitrogens is 2. The van der Waals surface area contributed by atoms with Crippen LogP contribution < -0.4 is 5.32 Å². The Morgan fingerprint density at radius 1 is 1.21 bits per heavy atom. The number of nitrogens with zero attached hydrogens (tertiary/aromatic N) is 4. The van der Waals surface area contributed by atoms with Crippen LogP contribution in [0.2, 0.25) is 0 Å². The molecule has 2 aromatic rings. The second-order valence-electron chi connectivity index (χ2n) is 8.41. The highest BCUT2D eigenvalue weighted by Gasteiger charge is 2.40. The van der Waals surface area contributed by atoms with Crippen LogP contribution in [0.5, 0.6) is 0 Å². The average Bonchev–Trinajstić information content (AvgIpc) is 3.27. The lowest BCUT2D eigenvalue weighted by atomic mass is 9.79. The van der Waals surface area contributed by atoms with Gasteiger partial charge < -0.3 is 15.1 Å². The third-order valence-corrected chi connectivity index (χ3v) is 9.26. The van der Waals surface area contributed by atoms with Crippen LogP contribution in [0.25, 0.3) is 0 Å². The van der Waals surface area contributed by atoms with Gasteiger partial charge in [0.05, 0.1) is 10.4 Å². The van der Waals surface area contributed by atoms with E-state index in [0.717, 1.165) is 28.0 Å². The molecule has 1 aliphatic carbocycles. The van der Waals surface area contributed by atoms with E-state index in [-0.39, 0.29) is 34.3 Å². The summed E-state index contributed by atoms with van der Waals surface area (Å²) in [6.07, 6.45) is 6.48. The summed E-state index contributed by atoms with van der Waals surface area (Å²) in [5.74, 6) is 1.04. The molecular formula is C23H28ClN5O2S2. The first-order valence-electron chi connectivity index (χ1n) is 11.1. The van der Waals surface area contributed by atoms with Gasteiger partial charge in [-0.25, -0.2) is 9.97 Å². The number of thiazole rings is 1. The van der Waals surface area contributed by atoms with E-state index in [1.54, 1.807) is 34.2 Å². The van der Waals surface area contributed by atoms with Gasteiger partial charge in [0.15, 0.2) is 5.13 Å². The summed E-state index contributed by atoms with van der Waals surface area (Å²) in [6, 6.07) is 5.69. The number of alkyl halides is 1. The van der Waals surface area contributed by atoms with Crippen LogP contribution in [0.15, 0.2) is 47.5 Å². The molecule has 2 aromatic heterocycles. The largest absolute Gasteiger partial charge is 0.339 e. The molecule has 1 saturated carbocycles. The lowest BCUT2D eigenvalue weighted by Crippen LogP contribution is -2.53. The Labute approximate surface area is 207 Å². The van der Waals surface area contributed by atoms with Crippen LogP contribution in [0, 0.1) is 11.8 Å². The molecule has 4 rings (SSSR count). The molecule has 0 spiro atoms. The molecule has 3 heterocycles. The topological polar surface area (TPSA) is 78.4 Å². The van der Waals surface area contributed by atoms with Crippen molar-refractivity contribution in [3.63, 3.8) is 0 Å².